The van der Waals surface area contributed by atoms with Crippen LogP contribution in [0.25, 0.3) is 22.3 Å². The molecule has 0 amide bonds. The van der Waals surface area contributed by atoms with Gasteiger partial charge in [0.25, 0.3) is 0 Å². The highest BCUT2D eigenvalue weighted by Crippen LogP contribution is 2.27. The summed E-state index contributed by atoms with van der Waals surface area (Å²) in [5.41, 5.74) is 2.91. The van der Waals surface area contributed by atoms with Crippen molar-refractivity contribution in [2.45, 2.75) is 6.92 Å². The molecule has 0 atom stereocenters. The summed E-state index contributed by atoms with van der Waals surface area (Å²) >= 11 is 9.70. The van der Waals surface area contributed by atoms with E-state index in [1.165, 1.54) is 0 Å². The number of hydrogen-bond donors (Lipinski definition) is 0. The summed E-state index contributed by atoms with van der Waals surface area (Å²) in [6.45, 7) is 2.01. The molecule has 3 rings (SSSR count). The second-order valence-electron chi connectivity index (χ2n) is 4.31. The zero-order valence-electron chi connectivity index (χ0n) is 10.2. The number of rotatable bonds is 1. The number of nitrogens with zero attached hydrogens (tertiary/aromatic N) is 2. The maximum absolute atomic E-state index is 6.29. The minimum atomic E-state index is 0.501. The first-order chi connectivity index (χ1) is 9.15. The molecule has 19 heavy (non-hydrogen) atoms. The summed E-state index contributed by atoms with van der Waals surface area (Å²) < 4.78 is 1.03. The van der Waals surface area contributed by atoms with Crippen LogP contribution in [0.3, 0.4) is 0 Å². The van der Waals surface area contributed by atoms with Crippen molar-refractivity contribution < 1.29 is 0 Å². The molecule has 2 aromatic carbocycles. The van der Waals surface area contributed by atoms with Crippen molar-refractivity contribution >= 4 is 38.4 Å². The third-order valence-corrected chi connectivity index (χ3v) is 3.79. The molecule has 2 nitrogen and oxygen atoms in total. The van der Waals surface area contributed by atoms with Crippen molar-refractivity contribution in [1.82, 2.24) is 9.97 Å². The highest BCUT2D eigenvalue weighted by atomic mass is 79.9. The lowest BCUT2D eigenvalue weighted by Gasteiger charge is -2.06. The summed E-state index contributed by atoms with van der Waals surface area (Å²) in [6.07, 6.45) is 0. The number of halogens is 2. The summed E-state index contributed by atoms with van der Waals surface area (Å²) in [6, 6.07) is 13.8. The zero-order valence-corrected chi connectivity index (χ0v) is 12.5. The normalized spacial score (nSPS) is 10.9. The first-order valence-electron chi connectivity index (χ1n) is 5.84. The van der Waals surface area contributed by atoms with Crippen LogP contribution in [0.15, 0.2) is 46.9 Å². The standard InChI is InChI=1S/C15H10BrClN2/c1-9-3-2-4-12-13(9)14(17)19-15(18-12)10-5-7-11(16)8-6-10/h2-8H,1H3. The quantitative estimate of drug-likeness (QED) is 0.584. The van der Waals surface area contributed by atoms with Crippen molar-refractivity contribution in [1.29, 1.82) is 0 Å². The Labute approximate surface area is 124 Å². The molecule has 0 saturated heterocycles. The molecule has 0 bridgehead atoms. The average Bonchev–Trinajstić information content (AvgIpc) is 2.39. The summed E-state index contributed by atoms with van der Waals surface area (Å²) in [4.78, 5) is 8.99. The molecular weight excluding hydrogens is 324 g/mol. The van der Waals surface area contributed by atoms with Gasteiger partial charge in [0.1, 0.15) is 5.15 Å². The largest absolute Gasteiger partial charge is 0.228 e. The Morgan fingerprint density at radius 3 is 2.47 bits per heavy atom. The lowest BCUT2D eigenvalue weighted by molar-refractivity contribution is 1.22. The third kappa shape index (κ3) is 2.36. The number of fused-ring (bicyclic) bond motifs is 1. The van der Waals surface area contributed by atoms with E-state index in [0.29, 0.717) is 11.0 Å². The summed E-state index contributed by atoms with van der Waals surface area (Å²) in [5, 5.41) is 1.42. The summed E-state index contributed by atoms with van der Waals surface area (Å²) in [7, 11) is 0. The van der Waals surface area contributed by atoms with Gasteiger partial charge in [-0.05, 0) is 30.7 Å². The van der Waals surface area contributed by atoms with E-state index in [2.05, 4.69) is 25.9 Å². The number of benzene rings is 2. The molecular formula is C15H10BrClN2. The Balaban J connectivity index is 2.24. The van der Waals surface area contributed by atoms with E-state index >= 15 is 0 Å². The van der Waals surface area contributed by atoms with Crippen molar-refractivity contribution in [2.24, 2.45) is 0 Å². The van der Waals surface area contributed by atoms with Crippen LogP contribution in [0.1, 0.15) is 5.56 Å². The number of aromatic nitrogens is 2. The maximum Gasteiger partial charge on any atom is 0.161 e. The van der Waals surface area contributed by atoms with Crippen molar-refractivity contribution in [3.8, 4) is 11.4 Å². The molecule has 0 N–H and O–H groups in total. The first kappa shape index (κ1) is 12.6. The molecule has 1 aromatic heterocycles. The van der Waals surface area contributed by atoms with E-state index in [1.54, 1.807) is 0 Å². The van der Waals surface area contributed by atoms with Crippen LogP contribution in [0.4, 0.5) is 0 Å². The van der Waals surface area contributed by atoms with Crippen molar-refractivity contribution in [3.05, 3.63) is 57.7 Å². The third-order valence-electron chi connectivity index (χ3n) is 2.99. The average molecular weight is 334 g/mol. The Hall–Kier alpha value is -1.45. The molecule has 0 aliphatic heterocycles. The van der Waals surface area contributed by atoms with Crippen LogP contribution in [0.2, 0.25) is 5.15 Å². The predicted molar refractivity (Wildman–Crippen MR) is 82.4 cm³/mol. The summed E-state index contributed by atoms with van der Waals surface area (Å²) in [5.74, 6) is 0.649. The van der Waals surface area contributed by atoms with Gasteiger partial charge in [-0.3, -0.25) is 0 Å². The molecule has 0 spiro atoms. The molecule has 0 saturated carbocycles. The van der Waals surface area contributed by atoms with E-state index in [-0.39, 0.29) is 0 Å². The monoisotopic (exact) mass is 332 g/mol. The minimum absolute atomic E-state index is 0.501. The van der Waals surface area contributed by atoms with Gasteiger partial charge >= 0.3 is 0 Å². The van der Waals surface area contributed by atoms with Crippen molar-refractivity contribution in [2.75, 3.05) is 0 Å². The molecule has 0 aliphatic rings. The minimum Gasteiger partial charge on any atom is -0.228 e. The molecule has 0 aliphatic carbocycles. The van der Waals surface area contributed by atoms with Crippen LogP contribution in [-0.2, 0) is 0 Å². The lowest BCUT2D eigenvalue weighted by Crippen LogP contribution is -1.93. The zero-order chi connectivity index (χ0) is 13.4. The van der Waals surface area contributed by atoms with Gasteiger partial charge < -0.3 is 0 Å². The Morgan fingerprint density at radius 2 is 1.74 bits per heavy atom. The van der Waals surface area contributed by atoms with E-state index in [1.807, 2.05) is 49.4 Å². The fourth-order valence-electron chi connectivity index (χ4n) is 2.03. The topological polar surface area (TPSA) is 25.8 Å². The van der Waals surface area contributed by atoms with Gasteiger partial charge in [0.05, 0.1) is 5.52 Å². The van der Waals surface area contributed by atoms with Gasteiger partial charge in [-0.15, -0.1) is 0 Å². The number of aryl methyl sites for hydroxylation is 1. The molecule has 0 fully saturated rings. The molecule has 1 heterocycles. The van der Waals surface area contributed by atoms with Crippen LogP contribution < -0.4 is 0 Å². The highest BCUT2D eigenvalue weighted by molar-refractivity contribution is 9.10. The van der Waals surface area contributed by atoms with Gasteiger partial charge in [0.2, 0.25) is 0 Å². The molecule has 0 radical (unpaired) electrons. The first-order valence-corrected chi connectivity index (χ1v) is 7.01. The molecule has 94 valence electrons. The molecule has 3 aromatic rings. The van der Waals surface area contributed by atoms with E-state index in [4.69, 9.17) is 11.6 Å². The van der Waals surface area contributed by atoms with Crippen LogP contribution in [-0.4, -0.2) is 9.97 Å². The van der Waals surface area contributed by atoms with Crippen LogP contribution in [0, 0.1) is 6.92 Å². The van der Waals surface area contributed by atoms with Gasteiger partial charge in [-0.1, -0.05) is 51.8 Å². The van der Waals surface area contributed by atoms with Gasteiger partial charge in [-0.2, -0.15) is 0 Å². The fourth-order valence-corrected chi connectivity index (χ4v) is 2.62. The van der Waals surface area contributed by atoms with Gasteiger partial charge in [0, 0.05) is 15.4 Å². The Bertz CT molecular complexity index is 754. The highest BCUT2D eigenvalue weighted by Gasteiger charge is 2.09. The van der Waals surface area contributed by atoms with Crippen LogP contribution in [0.5, 0.6) is 0 Å². The molecule has 4 heteroatoms. The van der Waals surface area contributed by atoms with Gasteiger partial charge in [0.15, 0.2) is 5.82 Å². The molecule has 0 unspecified atom stereocenters. The predicted octanol–water partition coefficient (Wildman–Crippen LogP) is 5.02. The Morgan fingerprint density at radius 1 is 1.00 bits per heavy atom. The fraction of sp³-hybridized carbons (Fsp3) is 0.0667. The number of hydrogen-bond acceptors (Lipinski definition) is 2. The maximum atomic E-state index is 6.29. The Kier molecular flexibility index (Phi) is 3.25. The van der Waals surface area contributed by atoms with Crippen molar-refractivity contribution in [3.63, 3.8) is 0 Å². The lowest BCUT2D eigenvalue weighted by atomic mass is 10.1. The van der Waals surface area contributed by atoms with Gasteiger partial charge in [-0.25, -0.2) is 9.97 Å². The van der Waals surface area contributed by atoms with E-state index in [9.17, 15) is 0 Å². The second kappa shape index (κ2) is 4.91. The van der Waals surface area contributed by atoms with E-state index < -0.39 is 0 Å². The second-order valence-corrected chi connectivity index (χ2v) is 5.59. The smallest absolute Gasteiger partial charge is 0.161 e. The van der Waals surface area contributed by atoms with E-state index in [0.717, 1.165) is 26.5 Å². The van der Waals surface area contributed by atoms with Crippen LogP contribution >= 0.6 is 27.5 Å². The SMILES string of the molecule is Cc1cccc2nc(-c3ccc(Br)cc3)nc(Cl)c12.